The average molecular weight is 245 g/mol. The van der Waals surface area contributed by atoms with Gasteiger partial charge in [-0.05, 0) is 33.3 Å². The van der Waals surface area contributed by atoms with Crippen molar-refractivity contribution in [2.45, 2.75) is 39.7 Å². The fourth-order valence-electron chi connectivity index (χ4n) is 1.84. The molecule has 0 atom stereocenters. The van der Waals surface area contributed by atoms with Crippen LogP contribution in [0.2, 0.25) is 0 Å². The molecule has 2 aromatic rings. The molecule has 0 saturated heterocycles. The van der Waals surface area contributed by atoms with Crippen LogP contribution in [0.4, 0.5) is 0 Å². The molecule has 0 spiro atoms. The van der Waals surface area contributed by atoms with E-state index in [4.69, 9.17) is 4.42 Å². The molecule has 96 valence electrons. The number of hydrogen-bond acceptors (Lipinski definition) is 2. The molecule has 1 N–H and O–H groups in total. The van der Waals surface area contributed by atoms with E-state index < -0.39 is 0 Å². The largest absolute Gasteiger partial charge is 0.451 e. The zero-order valence-electron chi connectivity index (χ0n) is 11.3. The summed E-state index contributed by atoms with van der Waals surface area (Å²) in [6.07, 6.45) is 0.873. The lowest BCUT2D eigenvalue weighted by atomic mass is 10.0. The topological polar surface area (TPSA) is 42.2 Å². The third-order valence-corrected chi connectivity index (χ3v) is 3.39. The summed E-state index contributed by atoms with van der Waals surface area (Å²) in [7, 11) is 0. The Kier molecular flexibility index (Phi) is 3.16. The van der Waals surface area contributed by atoms with Gasteiger partial charge < -0.3 is 9.73 Å². The van der Waals surface area contributed by atoms with Crippen LogP contribution in [-0.2, 0) is 0 Å². The van der Waals surface area contributed by atoms with Crippen molar-refractivity contribution in [3.63, 3.8) is 0 Å². The number of rotatable bonds is 3. The molecule has 0 radical (unpaired) electrons. The van der Waals surface area contributed by atoms with E-state index in [2.05, 4.69) is 5.32 Å². The van der Waals surface area contributed by atoms with Gasteiger partial charge in [-0.3, -0.25) is 4.79 Å². The number of benzene rings is 1. The molecule has 0 aliphatic rings. The lowest BCUT2D eigenvalue weighted by Gasteiger charge is -2.23. The van der Waals surface area contributed by atoms with Crippen LogP contribution in [0.3, 0.4) is 0 Å². The lowest BCUT2D eigenvalue weighted by Crippen LogP contribution is -2.42. The molecule has 0 aliphatic carbocycles. The minimum atomic E-state index is -0.220. The molecule has 18 heavy (non-hydrogen) atoms. The fourth-order valence-corrected chi connectivity index (χ4v) is 1.84. The first-order chi connectivity index (χ1) is 8.44. The molecule has 0 saturated carbocycles. The summed E-state index contributed by atoms with van der Waals surface area (Å²) >= 11 is 0. The Morgan fingerprint density at radius 1 is 1.33 bits per heavy atom. The van der Waals surface area contributed by atoms with E-state index in [1.165, 1.54) is 0 Å². The normalized spacial score (nSPS) is 11.8. The summed E-state index contributed by atoms with van der Waals surface area (Å²) in [4.78, 5) is 12.2. The van der Waals surface area contributed by atoms with Crippen molar-refractivity contribution < 1.29 is 9.21 Å². The quantitative estimate of drug-likeness (QED) is 0.896. The number of para-hydroxylation sites is 1. The minimum Gasteiger partial charge on any atom is -0.451 e. The maximum atomic E-state index is 12.2. The van der Waals surface area contributed by atoms with Crippen molar-refractivity contribution in [3.8, 4) is 0 Å². The maximum Gasteiger partial charge on any atom is 0.287 e. The Morgan fingerprint density at radius 3 is 2.61 bits per heavy atom. The van der Waals surface area contributed by atoms with Crippen LogP contribution in [0.1, 0.15) is 43.3 Å². The van der Waals surface area contributed by atoms with Gasteiger partial charge in [-0.2, -0.15) is 0 Å². The smallest absolute Gasteiger partial charge is 0.287 e. The minimum absolute atomic E-state index is 0.143. The highest BCUT2D eigenvalue weighted by Crippen LogP contribution is 2.25. The zero-order chi connectivity index (χ0) is 13.3. The summed E-state index contributed by atoms with van der Waals surface area (Å²) < 4.78 is 5.64. The van der Waals surface area contributed by atoms with Crippen LogP contribution >= 0.6 is 0 Å². The number of furan rings is 1. The summed E-state index contributed by atoms with van der Waals surface area (Å²) in [5.74, 6) is 0.272. The number of amides is 1. The Labute approximate surface area is 107 Å². The Bertz CT molecular complexity index is 581. The van der Waals surface area contributed by atoms with Gasteiger partial charge in [0.1, 0.15) is 5.58 Å². The predicted octanol–water partition coefficient (Wildman–Crippen LogP) is 3.66. The maximum absolute atomic E-state index is 12.2. The Hall–Kier alpha value is -1.77. The van der Waals surface area contributed by atoms with Gasteiger partial charge >= 0.3 is 0 Å². The third-order valence-electron chi connectivity index (χ3n) is 3.39. The molecule has 1 heterocycles. The van der Waals surface area contributed by atoms with Crippen molar-refractivity contribution in [3.05, 3.63) is 35.6 Å². The summed E-state index contributed by atoms with van der Waals surface area (Å²) in [5.41, 5.74) is 1.44. The average Bonchev–Trinajstić information content (AvgIpc) is 2.67. The van der Waals surface area contributed by atoms with E-state index in [9.17, 15) is 4.79 Å². The third kappa shape index (κ3) is 2.26. The fraction of sp³-hybridized carbons (Fsp3) is 0.400. The number of carbonyl (C=O) groups excluding carboxylic acids is 1. The Balaban J connectivity index is 2.37. The van der Waals surface area contributed by atoms with E-state index in [-0.39, 0.29) is 11.4 Å². The molecular weight excluding hydrogens is 226 g/mol. The molecular formula is C15H19NO2. The van der Waals surface area contributed by atoms with E-state index in [0.717, 1.165) is 23.0 Å². The van der Waals surface area contributed by atoms with E-state index in [0.29, 0.717) is 5.76 Å². The first kappa shape index (κ1) is 12.7. The van der Waals surface area contributed by atoms with Gasteiger partial charge in [0.05, 0.1) is 0 Å². The lowest BCUT2D eigenvalue weighted by molar-refractivity contribution is 0.0884. The molecule has 1 amide bonds. The molecule has 1 aromatic heterocycles. The summed E-state index contributed by atoms with van der Waals surface area (Å²) in [6, 6.07) is 7.70. The van der Waals surface area contributed by atoms with Gasteiger partial charge in [-0.25, -0.2) is 0 Å². The standard InChI is InChI=1S/C15H19NO2/c1-5-15(3,4)16-14(17)13-10(2)11-8-6-7-9-12(11)18-13/h6-9H,5H2,1-4H3,(H,16,17). The zero-order valence-corrected chi connectivity index (χ0v) is 11.3. The highest BCUT2D eigenvalue weighted by atomic mass is 16.3. The van der Waals surface area contributed by atoms with E-state index >= 15 is 0 Å². The molecule has 0 unspecified atom stereocenters. The second-order valence-corrected chi connectivity index (χ2v) is 5.24. The van der Waals surface area contributed by atoms with Crippen LogP contribution in [0.15, 0.2) is 28.7 Å². The van der Waals surface area contributed by atoms with Crippen molar-refractivity contribution in [2.24, 2.45) is 0 Å². The van der Waals surface area contributed by atoms with Crippen molar-refractivity contribution in [2.75, 3.05) is 0 Å². The van der Waals surface area contributed by atoms with Gasteiger partial charge in [0.15, 0.2) is 5.76 Å². The monoisotopic (exact) mass is 245 g/mol. The van der Waals surface area contributed by atoms with E-state index in [1.807, 2.05) is 52.0 Å². The first-order valence-corrected chi connectivity index (χ1v) is 6.25. The molecule has 0 bridgehead atoms. The first-order valence-electron chi connectivity index (χ1n) is 6.25. The second-order valence-electron chi connectivity index (χ2n) is 5.24. The number of aryl methyl sites for hydroxylation is 1. The molecule has 1 aromatic carbocycles. The van der Waals surface area contributed by atoms with Crippen LogP contribution in [-0.4, -0.2) is 11.4 Å². The van der Waals surface area contributed by atoms with Gasteiger partial charge in [0.2, 0.25) is 0 Å². The highest BCUT2D eigenvalue weighted by molar-refractivity contribution is 5.99. The molecule has 2 rings (SSSR count). The van der Waals surface area contributed by atoms with Crippen molar-refractivity contribution in [1.29, 1.82) is 0 Å². The molecule has 3 heteroatoms. The summed E-state index contributed by atoms with van der Waals surface area (Å²) in [5, 5.41) is 3.99. The van der Waals surface area contributed by atoms with Crippen LogP contribution in [0.5, 0.6) is 0 Å². The second kappa shape index (κ2) is 4.48. The van der Waals surface area contributed by atoms with E-state index in [1.54, 1.807) is 0 Å². The Morgan fingerprint density at radius 2 is 2.00 bits per heavy atom. The van der Waals surface area contributed by atoms with Gasteiger partial charge in [0.25, 0.3) is 5.91 Å². The van der Waals surface area contributed by atoms with Crippen LogP contribution < -0.4 is 5.32 Å². The van der Waals surface area contributed by atoms with Gasteiger partial charge in [-0.15, -0.1) is 0 Å². The molecule has 3 nitrogen and oxygen atoms in total. The number of fused-ring (bicyclic) bond motifs is 1. The highest BCUT2D eigenvalue weighted by Gasteiger charge is 2.23. The van der Waals surface area contributed by atoms with Gasteiger partial charge in [-0.1, -0.05) is 25.1 Å². The van der Waals surface area contributed by atoms with Crippen molar-refractivity contribution in [1.82, 2.24) is 5.32 Å². The molecule has 0 aliphatic heterocycles. The number of hydrogen-bond donors (Lipinski definition) is 1. The summed E-state index contributed by atoms with van der Waals surface area (Å²) in [6.45, 7) is 7.97. The van der Waals surface area contributed by atoms with Gasteiger partial charge in [0, 0.05) is 16.5 Å². The molecule has 0 fully saturated rings. The number of nitrogens with one attached hydrogen (secondary N) is 1. The van der Waals surface area contributed by atoms with Crippen LogP contribution in [0.25, 0.3) is 11.0 Å². The van der Waals surface area contributed by atoms with Crippen molar-refractivity contribution >= 4 is 16.9 Å². The predicted molar refractivity (Wildman–Crippen MR) is 72.8 cm³/mol. The number of carbonyl (C=O) groups is 1. The van der Waals surface area contributed by atoms with Crippen LogP contribution in [0, 0.1) is 6.92 Å². The SMILES string of the molecule is CCC(C)(C)NC(=O)c1oc2ccccc2c1C.